The Bertz CT molecular complexity index is 102. The van der Waals surface area contributed by atoms with Crippen LogP contribution in [0.15, 0.2) is 0 Å². The summed E-state index contributed by atoms with van der Waals surface area (Å²) in [4.78, 5) is 0. The first-order valence-corrected chi connectivity index (χ1v) is 4.87. The lowest BCUT2D eigenvalue weighted by molar-refractivity contribution is -0.0306. The van der Waals surface area contributed by atoms with Crippen LogP contribution >= 0.6 is 0 Å². The van der Waals surface area contributed by atoms with Crippen LogP contribution in [0.4, 0.5) is 0 Å². The fourth-order valence-corrected chi connectivity index (χ4v) is 1.03. The van der Waals surface area contributed by atoms with Crippen LogP contribution < -0.4 is 0 Å². The maximum atomic E-state index is 9.14. The van der Waals surface area contributed by atoms with Crippen molar-refractivity contribution in [2.45, 2.75) is 52.7 Å². The highest BCUT2D eigenvalue weighted by Gasteiger charge is 2.10. The molecular formula is C10H22O2. The molecule has 2 heteroatoms. The second-order valence-corrected chi connectivity index (χ2v) is 3.67. The zero-order valence-electron chi connectivity index (χ0n) is 8.71. The minimum absolute atomic E-state index is 0.0377. The number of ether oxygens (including phenoxy) is 1. The molecule has 0 saturated carbocycles. The third-order valence-electron chi connectivity index (χ3n) is 2.10. The zero-order chi connectivity index (χ0) is 9.56. The fraction of sp³-hybridized carbons (Fsp3) is 1.00. The van der Waals surface area contributed by atoms with Gasteiger partial charge in [-0.25, -0.2) is 0 Å². The lowest BCUT2D eigenvalue weighted by Crippen LogP contribution is -2.24. The first kappa shape index (κ1) is 11.9. The Balaban J connectivity index is 3.40. The van der Waals surface area contributed by atoms with Gasteiger partial charge in [-0.2, -0.15) is 0 Å². The number of aliphatic hydroxyl groups excluding tert-OH is 1. The molecule has 0 bridgehead atoms. The number of aliphatic hydroxyl groups is 1. The lowest BCUT2D eigenvalue weighted by atomic mass is 10.1. The zero-order valence-corrected chi connectivity index (χ0v) is 8.71. The predicted octanol–water partition coefficient (Wildman–Crippen LogP) is 2.21. The van der Waals surface area contributed by atoms with E-state index < -0.39 is 0 Å². The molecule has 0 aliphatic rings. The quantitative estimate of drug-likeness (QED) is 0.669. The molecular weight excluding hydrogens is 152 g/mol. The van der Waals surface area contributed by atoms with Gasteiger partial charge < -0.3 is 9.84 Å². The molecule has 0 radical (unpaired) electrons. The van der Waals surface area contributed by atoms with Gasteiger partial charge in [0.1, 0.15) is 0 Å². The summed E-state index contributed by atoms with van der Waals surface area (Å²) in [5.74, 6) is 0.608. The molecule has 0 aromatic heterocycles. The molecule has 0 aliphatic heterocycles. The largest absolute Gasteiger partial charge is 0.391 e. The molecule has 0 aliphatic carbocycles. The molecule has 74 valence electrons. The highest BCUT2D eigenvalue weighted by molar-refractivity contribution is 4.58. The van der Waals surface area contributed by atoms with E-state index in [0.29, 0.717) is 5.92 Å². The molecule has 0 heterocycles. The van der Waals surface area contributed by atoms with Gasteiger partial charge in [0.05, 0.1) is 12.2 Å². The normalized spacial score (nSPS) is 18.8. The van der Waals surface area contributed by atoms with Gasteiger partial charge in [-0.15, -0.1) is 0 Å². The number of rotatable bonds is 6. The molecule has 12 heavy (non-hydrogen) atoms. The van der Waals surface area contributed by atoms with Crippen LogP contribution in [0.1, 0.15) is 40.5 Å². The predicted molar refractivity (Wildman–Crippen MR) is 51.2 cm³/mol. The van der Waals surface area contributed by atoms with Crippen molar-refractivity contribution in [2.24, 2.45) is 5.92 Å². The van der Waals surface area contributed by atoms with Crippen LogP contribution in [0.5, 0.6) is 0 Å². The van der Waals surface area contributed by atoms with Gasteiger partial charge in [0.15, 0.2) is 0 Å². The summed E-state index contributed by atoms with van der Waals surface area (Å²) in [6.45, 7) is 8.78. The maximum absolute atomic E-state index is 9.14. The van der Waals surface area contributed by atoms with E-state index in [1.54, 1.807) is 6.92 Å². The van der Waals surface area contributed by atoms with Gasteiger partial charge in [-0.1, -0.05) is 20.3 Å². The minimum Gasteiger partial charge on any atom is -0.391 e. The average molecular weight is 174 g/mol. The van der Waals surface area contributed by atoms with E-state index in [1.165, 1.54) is 12.8 Å². The standard InChI is InChI=1S/C10H22O2/c1-5-6-8(2)7-12-10(4)9(3)11/h8-11H,5-7H2,1-4H3. The summed E-state index contributed by atoms with van der Waals surface area (Å²) >= 11 is 0. The van der Waals surface area contributed by atoms with Crippen LogP contribution in [-0.2, 0) is 4.74 Å². The van der Waals surface area contributed by atoms with Crippen LogP contribution in [0.25, 0.3) is 0 Å². The Labute approximate surface area is 75.9 Å². The highest BCUT2D eigenvalue weighted by atomic mass is 16.5. The van der Waals surface area contributed by atoms with Gasteiger partial charge in [0.2, 0.25) is 0 Å². The molecule has 0 rings (SSSR count). The summed E-state index contributed by atoms with van der Waals surface area (Å²) in [6.07, 6.45) is 2.00. The first-order valence-electron chi connectivity index (χ1n) is 4.87. The Morgan fingerprint density at radius 1 is 1.25 bits per heavy atom. The summed E-state index contributed by atoms with van der Waals surface area (Å²) in [6, 6.07) is 0. The molecule has 0 spiro atoms. The van der Waals surface area contributed by atoms with Crippen molar-refractivity contribution in [3.05, 3.63) is 0 Å². The van der Waals surface area contributed by atoms with Gasteiger partial charge in [-0.05, 0) is 26.2 Å². The average Bonchev–Trinajstić information content (AvgIpc) is 2.00. The second-order valence-electron chi connectivity index (χ2n) is 3.67. The molecule has 3 atom stereocenters. The van der Waals surface area contributed by atoms with E-state index in [9.17, 15) is 0 Å². The van der Waals surface area contributed by atoms with E-state index in [-0.39, 0.29) is 12.2 Å². The van der Waals surface area contributed by atoms with E-state index in [4.69, 9.17) is 9.84 Å². The molecule has 0 aromatic rings. The minimum atomic E-state index is -0.362. The molecule has 0 fully saturated rings. The molecule has 0 saturated heterocycles. The van der Waals surface area contributed by atoms with Crippen LogP contribution in [0, 0.1) is 5.92 Å². The maximum Gasteiger partial charge on any atom is 0.0803 e. The van der Waals surface area contributed by atoms with Crippen molar-refractivity contribution in [1.29, 1.82) is 0 Å². The van der Waals surface area contributed by atoms with Gasteiger partial charge >= 0.3 is 0 Å². The third-order valence-corrected chi connectivity index (χ3v) is 2.10. The molecule has 3 unspecified atom stereocenters. The van der Waals surface area contributed by atoms with Crippen molar-refractivity contribution >= 4 is 0 Å². The van der Waals surface area contributed by atoms with E-state index in [0.717, 1.165) is 6.61 Å². The summed E-state index contributed by atoms with van der Waals surface area (Å²) in [5, 5.41) is 9.14. The molecule has 1 N–H and O–H groups in total. The van der Waals surface area contributed by atoms with Gasteiger partial charge in [-0.3, -0.25) is 0 Å². The van der Waals surface area contributed by atoms with Crippen LogP contribution in [-0.4, -0.2) is 23.9 Å². The Hall–Kier alpha value is -0.0800. The van der Waals surface area contributed by atoms with Crippen molar-refractivity contribution in [1.82, 2.24) is 0 Å². The first-order chi connectivity index (χ1) is 5.57. The molecule has 2 nitrogen and oxygen atoms in total. The summed E-state index contributed by atoms with van der Waals surface area (Å²) < 4.78 is 5.47. The van der Waals surface area contributed by atoms with Gasteiger partial charge in [0, 0.05) is 6.61 Å². The number of hydrogen-bond donors (Lipinski definition) is 1. The van der Waals surface area contributed by atoms with Crippen molar-refractivity contribution in [2.75, 3.05) is 6.61 Å². The topological polar surface area (TPSA) is 29.5 Å². The third kappa shape index (κ3) is 5.56. The molecule has 0 aromatic carbocycles. The van der Waals surface area contributed by atoms with Crippen LogP contribution in [0.3, 0.4) is 0 Å². The van der Waals surface area contributed by atoms with Gasteiger partial charge in [0.25, 0.3) is 0 Å². The fourth-order valence-electron chi connectivity index (χ4n) is 1.03. The van der Waals surface area contributed by atoms with E-state index >= 15 is 0 Å². The Kier molecular flexibility index (Phi) is 6.39. The van der Waals surface area contributed by atoms with Crippen molar-refractivity contribution < 1.29 is 9.84 Å². The van der Waals surface area contributed by atoms with Crippen molar-refractivity contribution in [3.8, 4) is 0 Å². The van der Waals surface area contributed by atoms with Crippen molar-refractivity contribution in [3.63, 3.8) is 0 Å². The highest BCUT2D eigenvalue weighted by Crippen LogP contribution is 2.07. The summed E-state index contributed by atoms with van der Waals surface area (Å²) in [5.41, 5.74) is 0. The SMILES string of the molecule is CCCC(C)COC(C)C(C)O. The number of hydrogen-bond acceptors (Lipinski definition) is 2. The lowest BCUT2D eigenvalue weighted by Gasteiger charge is -2.18. The monoisotopic (exact) mass is 174 g/mol. The molecule has 0 amide bonds. The van der Waals surface area contributed by atoms with E-state index in [2.05, 4.69) is 13.8 Å². The second kappa shape index (κ2) is 6.44. The Morgan fingerprint density at radius 2 is 1.83 bits per heavy atom. The van der Waals surface area contributed by atoms with Crippen LogP contribution in [0.2, 0.25) is 0 Å². The Morgan fingerprint density at radius 3 is 2.25 bits per heavy atom. The van der Waals surface area contributed by atoms with E-state index in [1.807, 2.05) is 6.92 Å². The summed E-state index contributed by atoms with van der Waals surface area (Å²) in [7, 11) is 0. The smallest absolute Gasteiger partial charge is 0.0803 e.